The first-order valence-electron chi connectivity index (χ1n) is 8.35. The zero-order valence-corrected chi connectivity index (χ0v) is 15.1. The number of benzene rings is 2. The van der Waals surface area contributed by atoms with E-state index in [0.717, 1.165) is 4.57 Å². The van der Waals surface area contributed by atoms with Crippen LogP contribution in [0.5, 0.6) is 0 Å². The summed E-state index contributed by atoms with van der Waals surface area (Å²) in [6.45, 7) is 2.58. The highest BCUT2D eigenvalue weighted by atomic mass is 19.4. The van der Waals surface area contributed by atoms with Crippen LogP contribution in [0.25, 0.3) is 11.0 Å². The van der Waals surface area contributed by atoms with Gasteiger partial charge in [0.25, 0.3) is 0 Å². The Balaban J connectivity index is 1.84. The summed E-state index contributed by atoms with van der Waals surface area (Å²) in [5, 5.41) is 5.22. The summed E-state index contributed by atoms with van der Waals surface area (Å²) < 4.78 is 40.8. The third-order valence-corrected chi connectivity index (χ3v) is 4.03. The second kappa shape index (κ2) is 7.34. The molecule has 0 bridgehead atoms. The summed E-state index contributed by atoms with van der Waals surface area (Å²) in [6, 6.07) is 10.9. The van der Waals surface area contributed by atoms with Crippen molar-refractivity contribution in [2.45, 2.75) is 26.6 Å². The summed E-state index contributed by atoms with van der Waals surface area (Å²) in [7, 11) is 0. The Morgan fingerprint density at radius 1 is 1.11 bits per heavy atom. The number of hydrogen-bond donors (Lipinski definition) is 2. The van der Waals surface area contributed by atoms with Gasteiger partial charge in [0.05, 0.1) is 11.0 Å². The molecule has 6 nitrogen and oxygen atoms in total. The van der Waals surface area contributed by atoms with Crippen LogP contribution >= 0.6 is 0 Å². The maximum atomic E-state index is 13.3. The van der Waals surface area contributed by atoms with E-state index in [4.69, 9.17) is 0 Å². The quantitative estimate of drug-likeness (QED) is 0.708. The number of halogens is 3. The first-order valence-corrected chi connectivity index (χ1v) is 8.35. The van der Waals surface area contributed by atoms with Crippen molar-refractivity contribution in [2.75, 3.05) is 10.6 Å². The molecule has 146 valence electrons. The smallest absolute Gasteiger partial charge is 0.326 e. The highest BCUT2D eigenvalue weighted by Crippen LogP contribution is 2.31. The summed E-state index contributed by atoms with van der Waals surface area (Å²) in [5.74, 6) is -1.98. The van der Waals surface area contributed by atoms with E-state index in [-0.39, 0.29) is 16.9 Å². The maximum absolute atomic E-state index is 13.3. The minimum Gasteiger partial charge on any atom is -0.326 e. The van der Waals surface area contributed by atoms with Gasteiger partial charge in [-0.3, -0.25) is 9.59 Å². The highest BCUT2D eigenvalue weighted by molar-refractivity contribution is 5.93. The predicted molar refractivity (Wildman–Crippen MR) is 98.8 cm³/mol. The Labute approximate surface area is 158 Å². The summed E-state index contributed by atoms with van der Waals surface area (Å²) in [5.41, 5.74) is 2.09. The van der Waals surface area contributed by atoms with Crippen molar-refractivity contribution in [1.82, 2.24) is 9.55 Å². The third kappa shape index (κ3) is 4.13. The van der Waals surface area contributed by atoms with E-state index in [9.17, 15) is 22.8 Å². The van der Waals surface area contributed by atoms with E-state index in [1.807, 2.05) is 0 Å². The van der Waals surface area contributed by atoms with Gasteiger partial charge in [-0.15, -0.1) is 0 Å². The van der Waals surface area contributed by atoms with Crippen LogP contribution in [0.15, 0.2) is 42.5 Å². The number of alkyl halides is 3. The molecule has 0 radical (unpaired) electrons. The van der Waals surface area contributed by atoms with Crippen molar-refractivity contribution in [3.05, 3.63) is 53.9 Å². The molecule has 2 amide bonds. The van der Waals surface area contributed by atoms with Crippen molar-refractivity contribution >= 4 is 34.2 Å². The Morgan fingerprint density at radius 2 is 1.82 bits per heavy atom. The minimum atomic E-state index is -4.68. The zero-order valence-electron chi connectivity index (χ0n) is 15.1. The molecule has 0 saturated heterocycles. The van der Waals surface area contributed by atoms with Crippen molar-refractivity contribution < 1.29 is 22.8 Å². The molecule has 0 fully saturated rings. The van der Waals surface area contributed by atoms with Gasteiger partial charge in [0.15, 0.2) is 0 Å². The molecule has 1 aromatic heterocycles. The van der Waals surface area contributed by atoms with Crippen LogP contribution in [0.2, 0.25) is 0 Å². The van der Waals surface area contributed by atoms with Crippen molar-refractivity contribution in [1.29, 1.82) is 0 Å². The van der Waals surface area contributed by atoms with Gasteiger partial charge in [-0.05, 0) is 42.8 Å². The fourth-order valence-electron chi connectivity index (χ4n) is 2.87. The van der Waals surface area contributed by atoms with Crippen molar-refractivity contribution in [3.63, 3.8) is 0 Å². The van der Waals surface area contributed by atoms with Gasteiger partial charge in [-0.25, -0.2) is 4.98 Å². The van der Waals surface area contributed by atoms with E-state index in [1.54, 1.807) is 37.3 Å². The number of aryl methyl sites for hydroxylation is 1. The van der Waals surface area contributed by atoms with Gasteiger partial charge in [-0.1, -0.05) is 12.1 Å². The summed E-state index contributed by atoms with van der Waals surface area (Å²) >= 11 is 0. The van der Waals surface area contributed by atoms with Gasteiger partial charge >= 0.3 is 6.18 Å². The maximum Gasteiger partial charge on any atom is 0.449 e. The minimum absolute atomic E-state index is 0.165. The molecule has 1 heterocycles. The number of nitrogens with one attached hydrogen (secondary N) is 2. The second-order valence-electron chi connectivity index (χ2n) is 6.27. The van der Waals surface area contributed by atoms with Crippen LogP contribution in [-0.2, 0) is 22.3 Å². The molecule has 2 N–H and O–H groups in total. The number of carbonyl (C=O) groups is 2. The number of fused-ring (bicyclic) bond motifs is 1. The summed E-state index contributed by atoms with van der Waals surface area (Å²) in [4.78, 5) is 27.1. The molecule has 28 heavy (non-hydrogen) atoms. The Morgan fingerprint density at radius 3 is 2.46 bits per heavy atom. The first-order chi connectivity index (χ1) is 13.1. The van der Waals surface area contributed by atoms with Crippen LogP contribution in [-0.4, -0.2) is 21.4 Å². The van der Waals surface area contributed by atoms with E-state index >= 15 is 0 Å². The lowest BCUT2D eigenvalue weighted by Gasteiger charge is -2.13. The molecule has 9 heteroatoms. The molecular weight excluding hydrogens is 373 g/mol. The number of amides is 2. The molecule has 3 rings (SSSR count). The fraction of sp³-hybridized carbons (Fsp3) is 0.211. The van der Waals surface area contributed by atoms with Crippen LogP contribution < -0.4 is 10.6 Å². The monoisotopic (exact) mass is 390 g/mol. The fourth-order valence-corrected chi connectivity index (χ4v) is 2.87. The number of hydrogen-bond acceptors (Lipinski definition) is 3. The molecule has 0 aliphatic heterocycles. The van der Waals surface area contributed by atoms with E-state index in [1.165, 1.54) is 19.1 Å². The lowest BCUT2D eigenvalue weighted by molar-refractivity contribution is -0.147. The van der Waals surface area contributed by atoms with Gasteiger partial charge < -0.3 is 15.2 Å². The van der Waals surface area contributed by atoms with Crippen LogP contribution in [0.1, 0.15) is 18.3 Å². The lowest BCUT2D eigenvalue weighted by Crippen LogP contribution is -2.23. The van der Waals surface area contributed by atoms with E-state index in [0.29, 0.717) is 16.9 Å². The van der Waals surface area contributed by atoms with Gasteiger partial charge in [-0.2, -0.15) is 13.2 Å². The molecular formula is C19H17F3N4O2. The molecule has 0 aliphatic rings. The number of imidazole rings is 1. The van der Waals surface area contributed by atoms with E-state index < -0.39 is 24.5 Å². The molecule has 0 unspecified atom stereocenters. The average Bonchev–Trinajstić information content (AvgIpc) is 2.96. The Bertz CT molecular complexity index is 1060. The number of carbonyl (C=O) groups excluding carboxylic acids is 2. The average molecular weight is 390 g/mol. The third-order valence-electron chi connectivity index (χ3n) is 4.03. The van der Waals surface area contributed by atoms with Gasteiger partial charge in [0, 0.05) is 18.3 Å². The number of para-hydroxylation sites is 2. The van der Waals surface area contributed by atoms with Crippen LogP contribution in [0.4, 0.5) is 24.5 Å². The molecule has 0 aliphatic carbocycles. The largest absolute Gasteiger partial charge is 0.449 e. The normalized spacial score (nSPS) is 11.5. The second-order valence-corrected chi connectivity index (χ2v) is 6.27. The molecule has 3 aromatic rings. The van der Waals surface area contributed by atoms with Gasteiger partial charge in [0.1, 0.15) is 6.54 Å². The first kappa shape index (κ1) is 19.4. The van der Waals surface area contributed by atoms with Crippen LogP contribution in [0.3, 0.4) is 0 Å². The highest BCUT2D eigenvalue weighted by Gasteiger charge is 2.38. The molecule has 0 saturated carbocycles. The van der Waals surface area contributed by atoms with Crippen LogP contribution in [0, 0.1) is 6.92 Å². The number of nitrogens with zero attached hydrogens (tertiary/aromatic N) is 2. The summed E-state index contributed by atoms with van der Waals surface area (Å²) in [6.07, 6.45) is -4.68. The molecule has 2 aromatic carbocycles. The molecule has 0 spiro atoms. The SMILES string of the molecule is CC(=O)Nc1ccc(NC(=O)Cn2c(C(F)(F)F)nc3ccccc32)cc1C. The number of aromatic nitrogens is 2. The van der Waals surface area contributed by atoms with Gasteiger partial charge in [0.2, 0.25) is 17.6 Å². The van der Waals surface area contributed by atoms with Crippen molar-refractivity contribution in [2.24, 2.45) is 0 Å². The standard InChI is InChI=1S/C19H17F3N4O2/c1-11-9-13(7-8-14(11)23-12(2)27)24-17(28)10-26-16-6-4-3-5-15(16)25-18(26)19(20,21)22/h3-9H,10H2,1-2H3,(H,23,27)(H,24,28). The topological polar surface area (TPSA) is 76.0 Å². The van der Waals surface area contributed by atoms with E-state index in [2.05, 4.69) is 15.6 Å². The predicted octanol–water partition coefficient (Wildman–Crippen LogP) is 3.96. The van der Waals surface area contributed by atoms with Crippen molar-refractivity contribution in [3.8, 4) is 0 Å². The lowest BCUT2D eigenvalue weighted by atomic mass is 10.1. The number of anilines is 2. The number of rotatable bonds is 4. The molecule has 0 atom stereocenters. The zero-order chi connectivity index (χ0) is 20.5. The Kier molecular flexibility index (Phi) is 5.08. The Hall–Kier alpha value is -3.36.